The van der Waals surface area contributed by atoms with Crippen molar-refractivity contribution in [3.8, 4) is 28.1 Å². The van der Waals surface area contributed by atoms with Crippen LogP contribution >= 0.6 is 34.5 Å². The molecule has 276 valence electrons. The number of benzene rings is 2. The van der Waals surface area contributed by atoms with Gasteiger partial charge in [-0.15, -0.1) is 11.3 Å². The van der Waals surface area contributed by atoms with E-state index < -0.39 is 27.9 Å². The number of rotatable bonds is 8. The maximum absolute atomic E-state index is 14.0. The Hall–Kier alpha value is -3.42. The first-order valence-electron chi connectivity index (χ1n) is 16.8. The first-order valence-corrected chi connectivity index (χ1v) is 19.8. The molecule has 2 aromatic carbocycles. The number of hydrazine groups is 1. The third kappa shape index (κ3) is 9.02. The molecule has 0 spiro atoms. The lowest BCUT2D eigenvalue weighted by molar-refractivity contribution is -0.137. The van der Waals surface area contributed by atoms with E-state index in [0.717, 1.165) is 31.4 Å². The smallest absolute Gasteiger partial charge is 0.283 e. The summed E-state index contributed by atoms with van der Waals surface area (Å²) in [7, 11) is -3.94. The summed E-state index contributed by atoms with van der Waals surface area (Å²) in [5.74, 6) is 5.41. The molecule has 4 heterocycles. The summed E-state index contributed by atoms with van der Waals surface area (Å²) >= 11 is 14.2. The van der Waals surface area contributed by atoms with Crippen LogP contribution in [0.15, 0.2) is 54.6 Å². The number of halogens is 5. The maximum atomic E-state index is 14.0. The highest BCUT2D eigenvalue weighted by atomic mass is 35.5. The van der Waals surface area contributed by atoms with Gasteiger partial charge < -0.3 is 0 Å². The molecular formula is C36H37Cl2F3N6O3S2. The summed E-state index contributed by atoms with van der Waals surface area (Å²) in [5.41, 5.74) is 3.79. The number of piperidine rings is 2. The number of hydrogen-bond donors (Lipinski definition) is 2. The number of nitrogens with zero attached hydrogens (tertiary/aromatic N) is 4. The van der Waals surface area contributed by atoms with Gasteiger partial charge in [-0.2, -0.15) is 35.7 Å². The lowest BCUT2D eigenvalue weighted by atomic mass is 9.83. The molecule has 1 amide bonds. The molecule has 2 fully saturated rings. The Labute approximate surface area is 315 Å². The van der Waals surface area contributed by atoms with Crippen LogP contribution in [0.5, 0.6) is 0 Å². The monoisotopic (exact) mass is 792 g/mol. The maximum Gasteiger partial charge on any atom is 0.416 e. The van der Waals surface area contributed by atoms with Crippen molar-refractivity contribution >= 4 is 50.7 Å². The van der Waals surface area contributed by atoms with Crippen LogP contribution in [0, 0.1) is 17.3 Å². The van der Waals surface area contributed by atoms with E-state index in [0.29, 0.717) is 76.3 Å². The number of amides is 1. The first kappa shape index (κ1) is 38.3. The van der Waals surface area contributed by atoms with Crippen molar-refractivity contribution in [1.29, 1.82) is 0 Å². The van der Waals surface area contributed by atoms with Gasteiger partial charge in [0.2, 0.25) is 0 Å². The van der Waals surface area contributed by atoms with Crippen LogP contribution in [0.4, 0.5) is 13.2 Å². The lowest BCUT2D eigenvalue weighted by Gasteiger charge is -2.36. The molecule has 2 saturated heterocycles. The van der Waals surface area contributed by atoms with Crippen LogP contribution in [0.2, 0.25) is 10.0 Å². The molecule has 0 bridgehead atoms. The molecule has 52 heavy (non-hydrogen) atoms. The van der Waals surface area contributed by atoms with E-state index in [1.807, 2.05) is 5.01 Å². The van der Waals surface area contributed by atoms with E-state index in [9.17, 15) is 26.4 Å². The van der Waals surface area contributed by atoms with Gasteiger partial charge in [-0.25, -0.2) is 9.69 Å². The minimum atomic E-state index is -4.45. The zero-order valence-electron chi connectivity index (χ0n) is 28.5. The number of nitrogens with one attached hydrogen (secondary N) is 2. The Bertz CT molecular complexity index is 2110. The number of carbonyl (C=O) groups is 1. The molecular weight excluding hydrogens is 756 g/mol. The Morgan fingerprint density at radius 2 is 1.65 bits per heavy atom. The summed E-state index contributed by atoms with van der Waals surface area (Å²) < 4.78 is 72.1. The molecule has 16 heteroatoms. The Kier molecular flexibility index (Phi) is 11.4. The number of alkyl halides is 3. The zero-order chi connectivity index (χ0) is 37.3. The zero-order valence-corrected chi connectivity index (χ0v) is 31.6. The van der Waals surface area contributed by atoms with Crippen LogP contribution in [-0.4, -0.2) is 59.6 Å². The van der Waals surface area contributed by atoms with Gasteiger partial charge in [0.05, 0.1) is 31.7 Å². The van der Waals surface area contributed by atoms with E-state index in [2.05, 4.69) is 35.8 Å². The van der Waals surface area contributed by atoms with Crippen molar-refractivity contribution in [3.63, 3.8) is 0 Å². The molecule has 2 aliphatic rings. The Morgan fingerprint density at radius 3 is 2.31 bits per heavy atom. The minimum Gasteiger partial charge on any atom is -0.283 e. The predicted octanol–water partition coefficient (Wildman–Crippen LogP) is 7.91. The number of aromatic nitrogens is 2. The topological polar surface area (TPSA) is 99.6 Å². The van der Waals surface area contributed by atoms with Gasteiger partial charge in [0.15, 0.2) is 5.69 Å². The molecule has 2 N–H and O–H groups in total. The largest absolute Gasteiger partial charge is 0.416 e. The molecule has 6 rings (SSSR count). The van der Waals surface area contributed by atoms with Crippen molar-refractivity contribution < 1.29 is 26.4 Å². The van der Waals surface area contributed by atoms with Gasteiger partial charge in [0.25, 0.3) is 16.1 Å². The summed E-state index contributed by atoms with van der Waals surface area (Å²) in [5, 5.41) is 7.23. The normalized spacial score (nSPS) is 17.1. The molecule has 0 aliphatic carbocycles. The molecule has 0 radical (unpaired) electrons. The Morgan fingerprint density at radius 1 is 0.962 bits per heavy atom. The summed E-state index contributed by atoms with van der Waals surface area (Å²) in [6.07, 6.45) is -0.132. The van der Waals surface area contributed by atoms with Crippen molar-refractivity contribution in [2.75, 3.05) is 26.2 Å². The number of carbonyl (C=O) groups excluding carboxylic acids is 1. The predicted molar refractivity (Wildman–Crippen MR) is 198 cm³/mol. The van der Waals surface area contributed by atoms with Gasteiger partial charge in [0, 0.05) is 48.9 Å². The summed E-state index contributed by atoms with van der Waals surface area (Å²) in [6.45, 7) is 6.04. The van der Waals surface area contributed by atoms with Gasteiger partial charge in [0.1, 0.15) is 0 Å². The van der Waals surface area contributed by atoms with Crippen LogP contribution < -0.4 is 10.1 Å². The number of hydrogen-bond acceptors (Lipinski definition) is 6. The van der Waals surface area contributed by atoms with E-state index in [1.165, 1.54) is 32.5 Å². The molecule has 2 aliphatic heterocycles. The van der Waals surface area contributed by atoms with Gasteiger partial charge >= 0.3 is 6.18 Å². The van der Waals surface area contributed by atoms with Crippen molar-refractivity contribution in [2.24, 2.45) is 5.41 Å². The van der Waals surface area contributed by atoms with E-state index in [1.54, 1.807) is 30.3 Å². The highest BCUT2D eigenvalue weighted by Gasteiger charge is 2.34. The minimum absolute atomic E-state index is 0.0138. The standard InChI is InChI=1S/C36H37Cl2F3N6O3S2/c1-35(2)16-20-46(21-17-35)52(49,50)42-23-28-32(34(48)44-45-18-4-3-5-19-45)43-47(30-14-11-26(37)22-29(30)38)33(28)31-15-13-27(51-31)12-8-24-6-9-25(10-7-24)36(39,40)41/h6-7,9-11,13-15,22,42H,3-5,16-21,23H2,1-2H3,(H,44,48). The molecule has 0 unspecified atom stereocenters. The second kappa shape index (κ2) is 15.5. The van der Waals surface area contributed by atoms with Crippen LogP contribution in [0.1, 0.15) is 78.0 Å². The second-order valence-corrected chi connectivity index (χ2v) is 17.2. The average molecular weight is 794 g/mol. The van der Waals surface area contributed by atoms with E-state index in [4.69, 9.17) is 28.3 Å². The number of thiophene rings is 1. The third-order valence-corrected chi connectivity index (χ3v) is 12.3. The molecule has 9 nitrogen and oxygen atoms in total. The highest BCUT2D eigenvalue weighted by Crippen LogP contribution is 2.37. The fourth-order valence-corrected chi connectivity index (χ4v) is 8.66. The first-order chi connectivity index (χ1) is 24.6. The van der Waals surface area contributed by atoms with E-state index in [-0.39, 0.29) is 22.7 Å². The van der Waals surface area contributed by atoms with Crippen molar-refractivity contribution in [1.82, 2.24) is 29.2 Å². The van der Waals surface area contributed by atoms with Crippen LogP contribution in [0.3, 0.4) is 0 Å². The third-order valence-electron chi connectivity index (χ3n) is 9.18. The molecule has 4 aromatic rings. The lowest BCUT2D eigenvalue weighted by Crippen LogP contribution is -2.47. The highest BCUT2D eigenvalue weighted by molar-refractivity contribution is 7.87. The van der Waals surface area contributed by atoms with Gasteiger partial charge in [-0.1, -0.05) is 55.3 Å². The fourth-order valence-electron chi connectivity index (χ4n) is 6.08. The summed E-state index contributed by atoms with van der Waals surface area (Å²) in [4.78, 5) is 15.2. The van der Waals surface area contributed by atoms with Crippen LogP contribution in [0.25, 0.3) is 16.3 Å². The van der Waals surface area contributed by atoms with Gasteiger partial charge in [-0.3, -0.25) is 10.2 Å². The van der Waals surface area contributed by atoms with Crippen molar-refractivity contribution in [2.45, 2.75) is 58.7 Å². The molecule has 0 saturated carbocycles. The second-order valence-electron chi connectivity index (χ2n) is 13.6. The van der Waals surface area contributed by atoms with Crippen LogP contribution in [-0.2, 0) is 22.9 Å². The SMILES string of the molecule is CC1(C)CCN(S(=O)(=O)NCc2c(C(=O)NN3CCCCC3)nn(-c3ccc(Cl)cc3Cl)c2-c2ccc(C#Cc3ccc(C(F)(F)F)cc3)s2)CC1. The van der Waals surface area contributed by atoms with Gasteiger partial charge in [-0.05, 0) is 85.7 Å². The fraction of sp³-hybridized carbons (Fsp3) is 0.389. The average Bonchev–Trinajstić information content (AvgIpc) is 3.71. The van der Waals surface area contributed by atoms with Crippen molar-refractivity contribution in [3.05, 3.63) is 91.9 Å². The Balaban J connectivity index is 1.42. The molecule has 2 aromatic heterocycles. The molecule has 0 atom stereocenters. The van der Waals surface area contributed by atoms with E-state index >= 15 is 0 Å². The quantitative estimate of drug-likeness (QED) is 0.177. The summed E-state index contributed by atoms with van der Waals surface area (Å²) in [6, 6.07) is 12.9.